The van der Waals surface area contributed by atoms with E-state index >= 15 is 0 Å². The van der Waals surface area contributed by atoms with Crippen molar-refractivity contribution in [2.24, 2.45) is 0 Å². The molecule has 2 aromatic rings. The predicted molar refractivity (Wildman–Crippen MR) is 59.4 cm³/mol. The molecular weight excluding hydrogens is 204 g/mol. The van der Waals surface area contributed by atoms with Crippen LogP contribution in [-0.2, 0) is 6.42 Å². The van der Waals surface area contributed by atoms with Crippen LogP contribution >= 0.6 is 0 Å². The van der Waals surface area contributed by atoms with Gasteiger partial charge in [-0.2, -0.15) is 5.10 Å². The van der Waals surface area contributed by atoms with Crippen LogP contribution in [0.15, 0.2) is 18.3 Å². The molecule has 84 valence electrons. The van der Waals surface area contributed by atoms with Gasteiger partial charge in [0.2, 0.25) is 0 Å². The number of rotatable bonds is 2. The molecule has 5 heteroatoms. The Hall–Kier alpha value is -1.62. The van der Waals surface area contributed by atoms with Crippen molar-refractivity contribution in [1.82, 2.24) is 19.9 Å². The second-order valence-electron chi connectivity index (χ2n) is 4.19. The number of fused-ring (bicyclic) bond motifs is 1. The van der Waals surface area contributed by atoms with E-state index in [0.717, 1.165) is 18.8 Å². The van der Waals surface area contributed by atoms with E-state index in [0.29, 0.717) is 11.7 Å². The molecule has 5 nitrogen and oxygen atoms in total. The highest BCUT2D eigenvalue weighted by Gasteiger charge is 2.17. The Morgan fingerprint density at radius 1 is 1.56 bits per heavy atom. The topological polar surface area (TPSA) is 62.5 Å². The van der Waals surface area contributed by atoms with Crippen molar-refractivity contribution in [3.8, 4) is 5.75 Å². The first kappa shape index (κ1) is 9.59. The maximum absolute atomic E-state index is 9.61. The average molecular weight is 218 g/mol. The molecule has 1 fully saturated rings. The van der Waals surface area contributed by atoms with E-state index in [2.05, 4.69) is 15.4 Å². The Kier molecular flexibility index (Phi) is 2.25. The number of aromatic hydroxyl groups is 1. The fraction of sp³-hybridized carbons (Fsp3) is 0.455. The van der Waals surface area contributed by atoms with Crippen LogP contribution in [-0.4, -0.2) is 32.3 Å². The number of hydrogen-bond acceptors (Lipinski definition) is 4. The van der Waals surface area contributed by atoms with Crippen LogP contribution in [0.4, 0.5) is 0 Å². The minimum Gasteiger partial charge on any atom is -0.504 e. The van der Waals surface area contributed by atoms with Gasteiger partial charge in [-0.1, -0.05) is 0 Å². The third kappa shape index (κ3) is 1.63. The third-order valence-corrected chi connectivity index (χ3v) is 2.98. The second kappa shape index (κ2) is 3.75. The van der Waals surface area contributed by atoms with Crippen molar-refractivity contribution >= 4 is 5.65 Å². The summed E-state index contributed by atoms with van der Waals surface area (Å²) in [4.78, 5) is 4.34. The van der Waals surface area contributed by atoms with E-state index in [-0.39, 0.29) is 5.75 Å². The largest absolute Gasteiger partial charge is 0.504 e. The Labute approximate surface area is 93.1 Å². The lowest BCUT2D eigenvalue weighted by Gasteiger charge is -2.05. The monoisotopic (exact) mass is 218 g/mol. The number of nitrogens with one attached hydrogen (secondary N) is 1. The van der Waals surface area contributed by atoms with Gasteiger partial charge in [0.15, 0.2) is 17.2 Å². The van der Waals surface area contributed by atoms with E-state index in [1.54, 1.807) is 22.8 Å². The molecular formula is C11H14N4O. The van der Waals surface area contributed by atoms with Gasteiger partial charge in [-0.15, -0.1) is 0 Å². The zero-order chi connectivity index (χ0) is 11.0. The molecule has 0 saturated carbocycles. The van der Waals surface area contributed by atoms with Gasteiger partial charge in [-0.05, 0) is 31.5 Å². The zero-order valence-electron chi connectivity index (χ0n) is 8.93. The molecule has 0 bridgehead atoms. The quantitative estimate of drug-likeness (QED) is 0.780. The summed E-state index contributed by atoms with van der Waals surface area (Å²) in [5, 5.41) is 17.4. The van der Waals surface area contributed by atoms with Gasteiger partial charge in [0, 0.05) is 18.7 Å². The summed E-state index contributed by atoms with van der Waals surface area (Å²) >= 11 is 0. The highest BCUT2D eigenvalue weighted by Crippen LogP contribution is 2.16. The molecule has 1 aliphatic heterocycles. The molecule has 0 radical (unpaired) electrons. The summed E-state index contributed by atoms with van der Waals surface area (Å²) in [5.41, 5.74) is 0.537. The molecule has 0 amide bonds. The molecule has 0 aliphatic carbocycles. The average Bonchev–Trinajstić information content (AvgIpc) is 2.88. The van der Waals surface area contributed by atoms with Gasteiger partial charge in [-0.3, -0.25) is 0 Å². The highest BCUT2D eigenvalue weighted by molar-refractivity contribution is 5.51. The lowest BCUT2D eigenvalue weighted by Crippen LogP contribution is -2.24. The smallest absolute Gasteiger partial charge is 0.197 e. The third-order valence-electron chi connectivity index (χ3n) is 2.98. The van der Waals surface area contributed by atoms with Crippen molar-refractivity contribution < 1.29 is 5.11 Å². The maximum atomic E-state index is 9.61. The van der Waals surface area contributed by atoms with Crippen molar-refractivity contribution in [2.45, 2.75) is 25.3 Å². The van der Waals surface area contributed by atoms with Gasteiger partial charge in [0.25, 0.3) is 0 Å². The van der Waals surface area contributed by atoms with Crippen LogP contribution in [0, 0.1) is 0 Å². The first-order valence-electron chi connectivity index (χ1n) is 5.59. The molecule has 2 aromatic heterocycles. The first-order valence-corrected chi connectivity index (χ1v) is 5.59. The lowest BCUT2D eigenvalue weighted by atomic mass is 10.1. The van der Waals surface area contributed by atoms with Crippen molar-refractivity contribution in [1.29, 1.82) is 0 Å². The molecule has 3 rings (SSSR count). The highest BCUT2D eigenvalue weighted by atomic mass is 16.3. The summed E-state index contributed by atoms with van der Waals surface area (Å²) < 4.78 is 1.62. The van der Waals surface area contributed by atoms with Crippen LogP contribution < -0.4 is 5.32 Å². The van der Waals surface area contributed by atoms with Crippen LogP contribution in [0.1, 0.15) is 18.7 Å². The molecule has 1 saturated heterocycles. The van der Waals surface area contributed by atoms with E-state index < -0.39 is 0 Å². The van der Waals surface area contributed by atoms with Gasteiger partial charge in [-0.25, -0.2) is 9.50 Å². The molecule has 0 spiro atoms. The predicted octanol–water partition coefficient (Wildman–Crippen LogP) is 0.729. The Balaban J connectivity index is 1.90. The SMILES string of the molecule is Oc1cccn2nc(CC3CCCN3)nc12. The van der Waals surface area contributed by atoms with Crippen LogP contribution in [0.25, 0.3) is 5.65 Å². The molecule has 1 unspecified atom stereocenters. The summed E-state index contributed by atoms with van der Waals surface area (Å²) in [7, 11) is 0. The zero-order valence-corrected chi connectivity index (χ0v) is 8.93. The lowest BCUT2D eigenvalue weighted by molar-refractivity contribution is 0.477. The van der Waals surface area contributed by atoms with Crippen molar-refractivity contribution in [2.75, 3.05) is 6.54 Å². The maximum Gasteiger partial charge on any atom is 0.197 e. The van der Waals surface area contributed by atoms with Crippen molar-refractivity contribution in [3.63, 3.8) is 0 Å². The van der Waals surface area contributed by atoms with Gasteiger partial charge in [0.1, 0.15) is 0 Å². The van der Waals surface area contributed by atoms with E-state index in [9.17, 15) is 5.11 Å². The Morgan fingerprint density at radius 3 is 3.25 bits per heavy atom. The van der Waals surface area contributed by atoms with Crippen LogP contribution in [0.5, 0.6) is 5.75 Å². The Morgan fingerprint density at radius 2 is 2.50 bits per heavy atom. The van der Waals surface area contributed by atoms with E-state index in [4.69, 9.17) is 0 Å². The van der Waals surface area contributed by atoms with Crippen molar-refractivity contribution in [3.05, 3.63) is 24.2 Å². The number of aromatic nitrogens is 3. The first-order chi connectivity index (χ1) is 7.83. The molecule has 3 heterocycles. The standard InChI is InChI=1S/C11H14N4O/c16-9-4-2-6-15-11(9)13-10(14-15)7-8-3-1-5-12-8/h2,4,6,8,12,16H,1,3,5,7H2. The number of pyridine rings is 1. The van der Waals surface area contributed by atoms with E-state index in [1.807, 2.05) is 0 Å². The van der Waals surface area contributed by atoms with Gasteiger partial charge >= 0.3 is 0 Å². The Bertz CT molecular complexity index is 502. The summed E-state index contributed by atoms with van der Waals surface area (Å²) in [6.45, 7) is 1.09. The van der Waals surface area contributed by atoms with Gasteiger partial charge < -0.3 is 10.4 Å². The normalized spacial score (nSPS) is 20.6. The van der Waals surface area contributed by atoms with Gasteiger partial charge in [0.05, 0.1) is 0 Å². The van der Waals surface area contributed by atoms with Crippen LogP contribution in [0.2, 0.25) is 0 Å². The fourth-order valence-electron chi connectivity index (χ4n) is 2.17. The van der Waals surface area contributed by atoms with Crippen LogP contribution in [0.3, 0.4) is 0 Å². The summed E-state index contributed by atoms with van der Waals surface area (Å²) in [5.74, 6) is 0.974. The number of hydrogen-bond donors (Lipinski definition) is 2. The second-order valence-corrected chi connectivity index (χ2v) is 4.19. The minimum absolute atomic E-state index is 0.181. The van der Waals surface area contributed by atoms with E-state index in [1.165, 1.54) is 12.8 Å². The fourth-order valence-corrected chi connectivity index (χ4v) is 2.17. The molecule has 16 heavy (non-hydrogen) atoms. The molecule has 1 aliphatic rings. The minimum atomic E-state index is 0.181. The molecule has 1 atom stereocenters. The molecule has 2 N–H and O–H groups in total. The summed E-state index contributed by atoms with van der Waals surface area (Å²) in [6.07, 6.45) is 5.04. The molecule has 0 aromatic carbocycles. The summed E-state index contributed by atoms with van der Waals surface area (Å²) in [6, 6.07) is 3.87. The number of nitrogens with zero attached hydrogens (tertiary/aromatic N) is 3.